The standard InChI is InChI=1S/C11H12F3N3O2/c12-11(13,14)7-2-3-8(17-16-7)15-10(4-1-5-10)6-9(18)19/h2-3H,1,4-6H2,(H,15,17)(H,18,19). The van der Waals surface area contributed by atoms with Gasteiger partial charge < -0.3 is 10.4 Å². The zero-order valence-corrected chi connectivity index (χ0v) is 9.87. The molecule has 8 heteroatoms. The van der Waals surface area contributed by atoms with Crippen LogP contribution in [0.1, 0.15) is 31.4 Å². The molecule has 1 saturated carbocycles. The fourth-order valence-electron chi connectivity index (χ4n) is 2.06. The number of nitrogens with one attached hydrogen (secondary N) is 1. The van der Waals surface area contributed by atoms with Crippen molar-refractivity contribution in [1.29, 1.82) is 0 Å². The van der Waals surface area contributed by atoms with Crippen molar-refractivity contribution in [2.75, 3.05) is 5.32 Å². The molecule has 0 bridgehead atoms. The van der Waals surface area contributed by atoms with E-state index in [0.717, 1.165) is 18.6 Å². The summed E-state index contributed by atoms with van der Waals surface area (Å²) in [6, 6.07) is 1.99. The second-order valence-electron chi connectivity index (χ2n) is 4.63. The number of carbonyl (C=O) groups is 1. The van der Waals surface area contributed by atoms with Gasteiger partial charge in [-0.2, -0.15) is 13.2 Å². The number of rotatable bonds is 4. The molecule has 1 fully saturated rings. The minimum absolute atomic E-state index is 0.0876. The predicted octanol–water partition coefficient (Wildman–Crippen LogP) is 2.30. The lowest BCUT2D eigenvalue weighted by Crippen LogP contribution is -2.47. The average molecular weight is 275 g/mol. The highest BCUT2D eigenvalue weighted by atomic mass is 19.4. The van der Waals surface area contributed by atoms with E-state index in [1.807, 2.05) is 0 Å². The lowest BCUT2D eigenvalue weighted by molar-refractivity contribution is -0.141. The predicted molar refractivity (Wildman–Crippen MR) is 59.5 cm³/mol. The van der Waals surface area contributed by atoms with Crippen molar-refractivity contribution in [3.63, 3.8) is 0 Å². The van der Waals surface area contributed by atoms with Crippen molar-refractivity contribution in [3.8, 4) is 0 Å². The van der Waals surface area contributed by atoms with Gasteiger partial charge in [0, 0.05) is 5.54 Å². The molecule has 1 heterocycles. The van der Waals surface area contributed by atoms with E-state index in [4.69, 9.17) is 5.11 Å². The second-order valence-corrected chi connectivity index (χ2v) is 4.63. The van der Waals surface area contributed by atoms with E-state index in [9.17, 15) is 18.0 Å². The summed E-state index contributed by atoms with van der Waals surface area (Å²) in [7, 11) is 0. The molecule has 5 nitrogen and oxygen atoms in total. The normalized spacial score (nSPS) is 17.6. The van der Waals surface area contributed by atoms with Crippen LogP contribution in [0, 0.1) is 0 Å². The van der Waals surface area contributed by atoms with Crippen molar-refractivity contribution in [1.82, 2.24) is 10.2 Å². The van der Waals surface area contributed by atoms with Gasteiger partial charge in [-0.25, -0.2) is 0 Å². The Kier molecular flexibility index (Phi) is 3.34. The molecule has 104 valence electrons. The monoisotopic (exact) mass is 275 g/mol. The molecule has 0 radical (unpaired) electrons. The summed E-state index contributed by atoms with van der Waals surface area (Å²) in [5.41, 5.74) is -1.68. The third-order valence-corrected chi connectivity index (χ3v) is 3.15. The van der Waals surface area contributed by atoms with Crippen LogP contribution >= 0.6 is 0 Å². The molecule has 0 atom stereocenters. The van der Waals surface area contributed by atoms with Gasteiger partial charge in [0.1, 0.15) is 5.82 Å². The number of carboxylic acid groups (broad SMARTS) is 1. The Labute approximate surface area is 106 Å². The van der Waals surface area contributed by atoms with Crippen LogP contribution in [0.3, 0.4) is 0 Å². The van der Waals surface area contributed by atoms with Gasteiger partial charge >= 0.3 is 12.1 Å². The highest BCUT2D eigenvalue weighted by molar-refractivity contribution is 5.69. The van der Waals surface area contributed by atoms with Crippen LogP contribution < -0.4 is 5.32 Å². The molecule has 0 unspecified atom stereocenters. The number of hydrogen-bond donors (Lipinski definition) is 2. The molecule has 0 aliphatic heterocycles. The Morgan fingerprint density at radius 1 is 1.37 bits per heavy atom. The second kappa shape index (κ2) is 4.67. The minimum atomic E-state index is -4.53. The summed E-state index contributed by atoms with van der Waals surface area (Å²) in [5.74, 6) is -0.791. The number of anilines is 1. The Morgan fingerprint density at radius 3 is 2.42 bits per heavy atom. The number of alkyl halides is 3. The third-order valence-electron chi connectivity index (χ3n) is 3.15. The van der Waals surface area contributed by atoms with Gasteiger partial charge in [0.15, 0.2) is 5.69 Å². The van der Waals surface area contributed by atoms with E-state index in [1.54, 1.807) is 0 Å². The molecule has 0 saturated heterocycles. The van der Waals surface area contributed by atoms with Crippen molar-refractivity contribution in [2.45, 2.75) is 37.4 Å². The van der Waals surface area contributed by atoms with E-state index in [0.29, 0.717) is 12.8 Å². The molecule has 1 aromatic rings. The first-order chi connectivity index (χ1) is 8.81. The molecular formula is C11H12F3N3O2. The first-order valence-corrected chi connectivity index (χ1v) is 5.72. The van der Waals surface area contributed by atoms with Gasteiger partial charge in [-0.15, -0.1) is 10.2 Å². The fraction of sp³-hybridized carbons (Fsp3) is 0.545. The van der Waals surface area contributed by atoms with E-state index in [1.165, 1.54) is 0 Å². The summed E-state index contributed by atoms with van der Waals surface area (Å²) in [5, 5.41) is 18.2. The molecule has 1 aliphatic rings. The van der Waals surface area contributed by atoms with Gasteiger partial charge in [-0.3, -0.25) is 4.79 Å². The van der Waals surface area contributed by atoms with E-state index < -0.39 is 23.4 Å². The Morgan fingerprint density at radius 2 is 2.05 bits per heavy atom. The van der Waals surface area contributed by atoms with Crippen molar-refractivity contribution in [2.24, 2.45) is 0 Å². The fourth-order valence-corrected chi connectivity index (χ4v) is 2.06. The zero-order chi connectivity index (χ0) is 14.1. The third kappa shape index (κ3) is 3.12. The van der Waals surface area contributed by atoms with Gasteiger partial charge in [0.05, 0.1) is 6.42 Å². The Bertz CT molecular complexity index is 469. The molecule has 2 N–H and O–H groups in total. The van der Waals surface area contributed by atoms with Crippen LogP contribution in [-0.2, 0) is 11.0 Å². The SMILES string of the molecule is O=C(O)CC1(Nc2ccc(C(F)(F)F)nn2)CCC1. The number of aromatic nitrogens is 2. The summed E-state index contributed by atoms with van der Waals surface area (Å²) >= 11 is 0. The lowest BCUT2D eigenvalue weighted by Gasteiger charge is -2.41. The Balaban J connectivity index is 2.08. The highest BCUT2D eigenvalue weighted by Crippen LogP contribution is 2.38. The number of halogens is 3. The smallest absolute Gasteiger partial charge is 0.435 e. The molecule has 0 amide bonds. The molecule has 0 aromatic carbocycles. The van der Waals surface area contributed by atoms with Gasteiger partial charge in [-0.05, 0) is 31.4 Å². The van der Waals surface area contributed by atoms with Crippen LogP contribution in [0.2, 0.25) is 0 Å². The summed E-state index contributed by atoms with van der Waals surface area (Å²) in [6.07, 6.45) is -2.42. The van der Waals surface area contributed by atoms with Crippen LogP contribution in [0.15, 0.2) is 12.1 Å². The maximum atomic E-state index is 12.3. The molecule has 1 aliphatic carbocycles. The number of nitrogens with zero attached hydrogens (tertiary/aromatic N) is 2. The quantitative estimate of drug-likeness (QED) is 0.881. The molecule has 2 rings (SSSR count). The van der Waals surface area contributed by atoms with Crippen molar-refractivity contribution in [3.05, 3.63) is 17.8 Å². The van der Waals surface area contributed by atoms with E-state index >= 15 is 0 Å². The zero-order valence-electron chi connectivity index (χ0n) is 9.87. The average Bonchev–Trinajstić information content (AvgIpc) is 2.25. The van der Waals surface area contributed by atoms with Gasteiger partial charge in [-0.1, -0.05) is 0 Å². The Hall–Kier alpha value is -1.86. The first kappa shape index (κ1) is 13.6. The largest absolute Gasteiger partial charge is 0.481 e. The van der Waals surface area contributed by atoms with Gasteiger partial charge in [0.25, 0.3) is 0 Å². The summed E-state index contributed by atoms with van der Waals surface area (Å²) in [4.78, 5) is 10.8. The van der Waals surface area contributed by atoms with Crippen LogP contribution in [-0.4, -0.2) is 26.8 Å². The van der Waals surface area contributed by atoms with Crippen LogP contribution in [0.5, 0.6) is 0 Å². The van der Waals surface area contributed by atoms with Crippen LogP contribution in [0.25, 0.3) is 0 Å². The van der Waals surface area contributed by atoms with E-state index in [-0.39, 0.29) is 12.2 Å². The van der Waals surface area contributed by atoms with Crippen LogP contribution in [0.4, 0.5) is 19.0 Å². The summed E-state index contributed by atoms with van der Waals surface area (Å²) in [6.45, 7) is 0. The number of carboxylic acids is 1. The van der Waals surface area contributed by atoms with Crippen molar-refractivity contribution >= 4 is 11.8 Å². The minimum Gasteiger partial charge on any atom is -0.481 e. The topological polar surface area (TPSA) is 75.1 Å². The highest BCUT2D eigenvalue weighted by Gasteiger charge is 2.39. The maximum absolute atomic E-state index is 12.3. The van der Waals surface area contributed by atoms with Crippen molar-refractivity contribution < 1.29 is 23.1 Å². The molecule has 19 heavy (non-hydrogen) atoms. The molecule has 0 spiro atoms. The molecular weight excluding hydrogens is 263 g/mol. The lowest BCUT2D eigenvalue weighted by atomic mass is 9.74. The van der Waals surface area contributed by atoms with E-state index in [2.05, 4.69) is 15.5 Å². The molecule has 1 aromatic heterocycles. The number of aliphatic carboxylic acids is 1. The number of hydrogen-bond acceptors (Lipinski definition) is 4. The van der Waals surface area contributed by atoms with Gasteiger partial charge in [0.2, 0.25) is 0 Å². The summed E-state index contributed by atoms with van der Waals surface area (Å²) < 4.78 is 36.9. The maximum Gasteiger partial charge on any atom is 0.435 e. The first-order valence-electron chi connectivity index (χ1n) is 5.72.